The average molecular weight is 755 g/mol. The number of aliphatic carboxylic acids is 1. The summed E-state index contributed by atoms with van der Waals surface area (Å²) in [6, 6.07) is 17.8. The van der Waals surface area contributed by atoms with Gasteiger partial charge in [-0.15, -0.1) is 0 Å². The SMILES string of the molecule is C/C=C/c1ccc(-c2ccc(O)c(C34CC5CC(CC(C5)C3)C4)c2)cn1.O=C(O)/C=C/c1cnc(-c2ccc(O)c(C34CC5CC(CC(C5)C3)C4)c2)c(Cl)c1. The summed E-state index contributed by atoms with van der Waals surface area (Å²) >= 11 is 6.48. The Hall–Kier alpha value is -4.42. The Kier molecular flexibility index (Phi) is 9.39. The molecule has 8 saturated carbocycles. The molecule has 7 heteroatoms. The second-order valence-electron chi connectivity index (χ2n) is 18.1. The maximum Gasteiger partial charge on any atom is 0.328 e. The van der Waals surface area contributed by atoms with Crippen molar-refractivity contribution in [3.63, 3.8) is 0 Å². The number of hydrogen-bond acceptors (Lipinski definition) is 5. The molecular weight excluding hydrogens is 704 g/mol. The van der Waals surface area contributed by atoms with Crippen LogP contribution < -0.4 is 0 Å². The van der Waals surface area contributed by atoms with Crippen molar-refractivity contribution < 1.29 is 20.1 Å². The molecule has 0 atom stereocenters. The Morgan fingerprint density at radius 2 is 1.15 bits per heavy atom. The number of carboxylic acids is 1. The monoisotopic (exact) mass is 754 g/mol. The number of hydrogen-bond donors (Lipinski definition) is 3. The van der Waals surface area contributed by atoms with Crippen molar-refractivity contribution in [2.75, 3.05) is 0 Å². The van der Waals surface area contributed by atoms with Gasteiger partial charge in [-0.1, -0.05) is 29.8 Å². The topological polar surface area (TPSA) is 104 Å². The molecule has 3 N–H and O–H groups in total. The quantitative estimate of drug-likeness (QED) is 0.162. The highest BCUT2D eigenvalue weighted by molar-refractivity contribution is 6.33. The number of nitrogens with zero attached hydrogens (tertiary/aromatic N) is 2. The van der Waals surface area contributed by atoms with Gasteiger partial charge in [0.1, 0.15) is 11.5 Å². The van der Waals surface area contributed by atoms with Crippen LogP contribution >= 0.6 is 11.6 Å². The number of benzene rings is 2. The van der Waals surface area contributed by atoms with Gasteiger partial charge in [-0.3, -0.25) is 9.97 Å². The molecule has 2 aromatic carbocycles. The summed E-state index contributed by atoms with van der Waals surface area (Å²) in [5.41, 5.74) is 8.04. The maximum atomic E-state index is 10.8. The van der Waals surface area contributed by atoms with E-state index in [9.17, 15) is 15.0 Å². The van der Waals surface area contributed by atoms with E-state index in [-0.39, 0.29) is 10.8 Å². The molecule has 6 nitrogen and oxygen atoms in total. The van der Waals surface area contributed by atoms with Gasteiger partial charge in [-0.05, 0) is 196 Å². The fourth-order valence-electron chi connectivity index (χ4n) is 12.9. The molecule has 8 aliphatic rings. The fraction of sp³-hybridized carbons (Fsp3) is 0.438. The minimum atomic E-state index is -1.01. The molecule has 55 heavy (non-hydrogen) atoms. The molecule has 8 bridgehead atoms. The summed E-state index contributed by atoms with van der Waals surface area (Å²) in [5, 5.41) is 30.7. The molecule has 12 rings (SSSR count). The lowest BCUT2D eigenvalue weighted by atomic mass is 9.48. The first-order valence-electron chi connectivity index (χ1n) is 20.4. The zero-order chi connectivity index (χ0) is 37.9. The molecule has 0 amide bonds. The van der Waals surface area contributed by atoms with Gasteiger partial charge in [0.05, 0.1) is 16.4 Å². The molecule has 0 radical (unpaired) electrons. The number of rotatable bonds is 7. The largest absolute Gasteiger partial charge is 0.508 e. The number of halogens is 1. The van der Waals surface area contributed by atoms with Gasteiger partial charge in [-0.2, -0.15) is 0 Å². The van der Waals surface area contributed by atoms with Gasteiger partial charge in [0, 0.05) is 40.7 Å². The van der Waals surface area contributed by atoms with Crippen LogP contribution in [-0.4, -0.2) is 31.3 Å². The Morgan fingerprint density at radius 1 is 0.655 bits per heavy atom. The van der Waals surface area contributed by atoms with E-state index in [2.05, 4.69) is 34.2 Å². The summed E-state index contributed by atoms with van der Waals surface area (Å²) in [6.07, 6.45) is 25.8. The molecule has 4 aromatic rings. The molecule has 8 aliphatic carbocycles. The van der Waals surface area contributed by atoms with Gasteiger partial charge in [0.25, 0.3) is 0 Å². The lowest BCUT2D eigenvalue weighted by molar-refractivity contribution is -0.131. The molecule has 0 unspecified atom stereocenters. The highest BCUT2D eigenvalue weighted by atomic mass is 35.5. The molecule has 0 aliphatic heterocycles. The van der Waals surface area contributed by atoms with Crippen LogP contribution in [0.4, 0.5) is 0 Å². The molecule has 8 fully saturated rings. The number of phenols is 2. The van der Waals surface area contributed by atoms with Crippen LogP contribution in [0.2, 0.25) is 5.02 Å². The Bertz CT molecular complexity index is 2100. The van der Waals surface area contributed by atoms with Crippen molar-refractivity contribution in [3.8, 4) is 33.9 Å². The third kappa shape index (κ3) is 7.01. The van der Waals surface area contributed by atoms with E-state index in [1.807, 2.05) is 43.5 Å². The first kappa shape index (κ1) is 36.2. The highest BCUT2D eigenvalue weighted by Crippen LogP contribution is 2.63. The van der Waals surface area contributed by atoms with Gasteiger partial charge in [0.2, 0.25) is 0 Å². The molecule has 2 heterocycles. The maximum absolute atomic E-state index is 10.8. The first-order chi connectivity index (χ1) is 26.6. The summed E-state index contributed by atoms with van der Waals surface area (Å²) in [5.74, 6) is 4.90. The lowest BCUT2D eigenvalue weighted by Crippen LogP contribution is -2.48. The van der Waals surface area contributed by atoms with Gasteiger partial charge < -0.3 is 15.3 Å². The van der Waals surface area contributed by atoms with Crippen LogP contribution in [0, 0.1) is 35.5 Å². The molecule has 284 valence electrons. The van der Waals surface area contributed by atoms with Crippen LogP contribution in [0.15, 0.2) is 79.1 Å². The summed E-state index contributed by atoms with van der Waals surface area (Å²) < 4.78 is 0. The minimum Gasteiger partial charge on any atom is -0.508 e. The average Bonchev–Trinajstić information content (AvgIpc) is 3.14. The number of pyridine rings is 2. The number of phenolic OH excluding ortho intramolecular Hbond substituents is 2. The van der Waals surface area contributed by atoms with Crippen molar-refractivity contribution >= 4 is 29.7 Å². The second kappa shape index (κ2) is 14.3. The predicted molar refractivity (Wildman–Crippen MR) is 219 cm³/mol. The summed E-state index contributed by atoms with van der Waals surface area (Å²) in [4.78, 5) is 19.7. The minimum absolute atomic E-state index is 0.0888. The van der Waals surface area contributed by atoms with E-state index in [0.29, 0.717) is 27.8 Å². The van der Waals surface area contributed by atoms with E-state index >= 15 is 0 Å². The van der Waals surface area contributed by atoms with Crippen LogP contribution in [0.5, 0.6) is 11.5 Å². The third-order valence-electron chi connectivity index (χ3n) is 14.2. The number of carboxylic acid groups (broad SMARTS) is 1. The number of aromatic hydroxyl groups is 2. The smallest absolute Gasteiger partial charge is 0.328 e. The van der Waals surface area contributed by atoms with E-state index in [0.717, 1.165) is 64.0 Å². The number of aromatic nitrogens is 2. The normalized spacial score (nSPS) is 31.2. The van der Waals surface area contributed by atoms with Crippen LogP contribution in [0.3, 0.4) is 0 Å². The first-order valence-corrected chi connectivity index (χ1v) is 20.8. The van der Waals surface area contributed by atoms with E-state index in [4.69, 9.17) is 16.7 Å². The van der Waals surface area contributed by atoms with Crippen molar-refractivity contribution in [3.05, 3.63) is 107 Å². The predicted octanol–water partition coefficient (Wildman–Crippen LogP) is 11.6. The Balaban J connectivity index is 0.000000145. The third-order valence-corrected chi connectivity index (χ3v) is 14.5. The van der Waals surface area contributed by atoms with E-state index in [1.54, 1.807) is 18.3 Å². The van der Waals surface area contributed by atoms with Crippen molar-refractivity contribution in [1.29, 1.82) is 0 Å². The molecular formula is C48H51ClN2O4. The van der Waals surface area contributed by atoms with Crippen LogP contribution in [0.25, 0.3) is 34.5 Å². The Labute approximate surface area is 329 Å². The van der Waals surface area contributed by atoms with Crippen LogP contribution in [0.1, 0.15) is 106 Å². The molecule has 2 aromatic heterocycles. The second-order valence-corrected chi connectivity index (χ2v) is 18.5. The van der Waals surface area contributed by atoms with Gasteiger partial charge in [0.15, 0.2) is 0 Å². The van der Waals surface area contributed by atoms with Crippen molar-refractivity contribution in [2.45, 2.75) is 94.8 Å². The molecule has 0 saturated heterocycles. The number of carbonyl (C=O) groups is 1. The zero-order valence-electron chi connectivity index (χ0n) is 31.6. The standard InChI is InChI=1S/C24H24ClNO3.C24H27NO/c25-20-8-14(1-4-22(28)29)13-26-23(20)18-2-3-21(27)19(9-18)24-10-15-5-16(11-24)7-17(6-15)12-24;1-2-3-21-6-4-20(15-25-21)19-5-7-23(26)22(11-19)24-12-16-8-17(13-24)10-18(9-16)14-24/h1-4,8-9,13,15-17,27H,5-7,10-12H2,(H,28,29);2-7,11,15-18,26H,8-10,12-14H2,1H3/b4-1+;3-2+. The fourth-order valence-corrected chi connectivity index (χ4v) is 13.2. The zero-order valence-corrected chi connectivity index (χ0v) is 32.4. The van der Waals surface area contributed by atoms with E-state index < -0.39 is 5.97 Å². The van der Waals surface area contributed by atoms with Crippen molar-refractivity contribution in [1.82, 2.24) is 9.97 Å². The molecule has 0 spiro atoms. The van der Waals surface area contributed by atoms with Gasteiger partial charge in [-0.25, -0.2) is 4.79 Å². The number of allylic oxidation sites excluding steroid dienone is 1. The van der Waals surface area contributed by atoms with Crippen molar-refractivity contribution in [2.24, 2.45) is 35.5 Å². The summed E-state index contributed by atoms with van der Waals surface area (Å²) in [7, 11) is 0. The Morgan fingerprint density at radius 3 is 1.60 bits per heavy atom. The summed E-state index contributed by atoms with van der Waals surface area (Å²) in [6.45, 7) is 2.01. The van der Waals surface area contributed by atoms with Crippen LogP contribution in [-0.2, 0) is 15.6 Å². The highest BCUT2D eigenvalue weighted by Gasteiger charge is 2.53. The van der Waals surface area contributed by atoms with E-state index in [1.165, 1.54) is 94.3 Å². The lowest BCUT2D eigenvalue weighted by Gasteiger charge is -2.57. The van der Waals surface area contributed by atoms with Gasteiger partial charge >= 0.3 is 5.97 Å².